The van der Waals surface area contributed by atoms with Crippen molar-refractivity contribution in [3.8, 4) is 16.9 Å². The largest absolute Gasteiger partial charge is 0.294 e. The molecule has 0 radical (unpaired) electrons. The monoisotopic (exact) mass is 294 g/mol. The van der Waals surface area contributed by atoms with Crippen LogP contribution >= 0.6 is 11.3 Å². The van der Waals surface area contributed by atoms with Crippen LogP contribution in [0, 0.1) is 13.8 Å². The van der Waals surface area contributed by atoms with Gasteiger partial charge in [0.25, 0.3) is 0 Å². The van der Waals surface area contributed by atoms with Crippen LogP contribution in [0.15, 0.2) is 48.9 Å². The van der Waals surface area contributed by atoms with Crippen LogP contribution in [-0.2, 0) is 0 Å². The molecule has 5 heteroatoms. The summed E-state index contributed by atoms with van der Waals surface area (Å²) in [6, 6.07) is 10.1. The van der Waals surface area contributed by atoms with Crippen molar-refractivity contribution in [1.29, 1.82) is 0 Å². The van der Waals surface area contributed by atoms with Crippen molar-refractivity contribution >= 4 is 16.3 Å². The van der Waals surface area contributed by atoms with Gasteiger partial charge in [-0.25, -0.2) is 9.67 Å². The number of aryl methyl sites for hydroxylation is 2. The lowest BCUT2D eigenvalue weighted by atomic mass is 10.3. The second-order valence-corrected chi connectivity index (χ2v) is 6.21. The van der Waals surface area contributed by atoms with E-state index in [-0.39, 0.29) is 0 Å². The molecule has 0 unspecified atom stereocenters. The van der Waals surface area contributed by atoms with Gasteiger partial charge in [-0.3, -0.25) is 4.40 Å². The van der Waals surface area contributed by atoms with Gasteiger partial charge in [0.2, 0.25) is 0 Å². The lowest BCUT2D eigenvalue weighted by molar-refractivity contribution is 0.881. The van der Waals surface area contributed by atoms with Crippen LogP contribution in [0.3, 0.4) is 0 Å². The summed E-state index contributed by atoms with van der Waals surface area (Å²) in [5.74, 6) is 0. The van der Waals surface area contributed by atoms with E-state index in [0.29, 0.717) is 0 Å². The molecule has 0 fully saturated rings. The Morgan fingerprint density at radius 1 is 1.05 bits per heavy atom. The highest BCUT2D eigenvalue weighted by Crippen LogP contribution is 2.26. The Hall–Kier alpha value is -2.40. The van der Waals surface area contributed by atoms with Gasteiger partial charge in [0.15, 0.2) is 4.96 Å². The number of thiazole rings is 1. The second kappa shape index (κ2) is 4.56. The molecule has 104 valence electrons. The average molecular weight is 294 g/mol. The Morgan fingerprint density at radius 2 is 1.86 bits per heavy atom. The second-order valence-electron chi connectivity index (χ2n) is 5.03. The SMILES string of the molecule is Cc1sc2nc(-c3cnn(-c4ccccc4)c3)cn2c1C. The predicted octanol–water partition coefficient (Wildman–Crippen LogP) is 3.87. The highest BCUT2D eigenvalue weighted by molar-refractivity contribution is 7.17. The molecule has 0 amide bonds. The number of nitrogens with zero attached hydrogens (tertiary/aromatic N) is 4. The minimum Gasteiger partial charge on any atom is -0.294 e. The summed E-state index contributed by atoms with van der Waals surface area (Å²) in [5.41, 5.74) is 4.30. The standard InChI is InChI=1S/C16H14N4S/c1-11-12(2)21-16-18-15(10-19(11)16)13-8-17-20(9-13)14-6-4-3-5-7-14/h3-10H,1-2H3. The Morgan fingerprint density at radius 3 is 2.62 bits per heavy atom. The number of hydrogen-bond acceptors (Lipinski definition) is 3. The van der Waals surface area contributed by atoms with Crippen molar-refractivity contribution in [2.45, 2.75) is 13.8 Å². The van der Waals surface area contributed by atoms with E-state index in [0.717, 1.165) is 21.9 Å². The summed E-state index contributed by atoms with van der Waals surface area (Å²) in [4.78, 5) is 7.04. The third kappa shape index (κ3) is 1.97. The smallest absolute Gasteiger partial charge is 0.194 e. The number of benzene rings is 1. The molecule has 0 atom stereocenters. The topological polar surface area (TPSA) is 35.1 Å². The molecular weight excluding hydrogens is 280 g/mol. The molecule has 0 spiro atoms. The fourth-order valence-corrected chi connectivity index (χ4v) is 3.32. The first-order valence-corrected chi connectivity index (χ1v) is 7.59. The highest BCUT2D eigenvalue weighted by Gasteiger charge is 2.11. The van der Waals surface area contributed by atoms with Gasteiger partial charge >= 0.3 is 0 Å². The lowest BCUT2D eigenvalue weighted by Crippen LogP contribution is -1.92. The molecule has 0 aliphatic carbocycles. The fraction of sp³-hybridized carbons (Fsp3) is 0.125. The van der Waals surface area contributed by atoms with E-state index in [4.69, 9.17) is 4.98 Å². The first kappa shape index (κ1) is 12.3. The zero-order valence-electron chi connectivity index (χ0n) is 11.8. The summed E-state index contributed by atoms with van der Waals surface area (Å²) >= 11 is 1.72. The molecule has 0 aliphatic heterocycles. The van der Waals surface area contributed by atoms with Gasteiger partial charge < -0.3 is 0 Å². The van der Waals surface area contributed by atoms with E-state index in [2.05, 4.69) is 29.5 Å². The number of hydrogen-bond donors (Lipinski definition) is 0. The third-order valence-corrected chi connectivity index (χ3v) is 4.76. The molecule has 21 heavy (non-hydrogen) atoms. The van der Waals surface area contributed by atoms with Gasteiger partial charge in [0.05, 0.1) is 17.6 Å². The Labute approximate surface area is 126 Å². The van der Waals surface area contributed by atoms with Crippen LogP contribution in [0.25, 0.3) is 21.9 Å². The molecule has 0 bridgehead atoms. The van der Waals surface area contributed by atoms with E-state index in [9.17, 15) is 0 Å². The lowest BCUT2D eigenvalue weighted by Gasteiger charge is -1.98. The fourth-order valence-electron chi connectivity index (χ4n) is 2.37. The number of imidazole rings is 1. The molecule has 0 saturated heterocycles. The van der Waals surface area contributed by atoms with Crippen molar-refractivity contribution < 1.29 is 0 Å². The summed E-state index contributed by atoms with van der Waals surface area (Å²) in [6.07, 6.45) is 5.96. The van der Waals surface area contributed by atoms with Crippen LogP contribution < -0.4 is 0 Å². The first-order chi connectivity index (χ1) is 10.2. The maximum absolute atomic E-state index is 4.70. The third-order valence-electron chi connectivity index (χ3n) is 3.69. The number of aromatic nitrogens is 4. The van der Waals surface area contributed by atoms with E-state index < -0.39 is 0 Å². The summed E-state index contributed by atoms with van der Waals surface area (Å²) in [7, 11) is 0. The van der Waals surface area contributed by atoms with Crippen molar-refractivity contribution in [3.05, 3.63) is 59.5 Å². The van der Waals surface area contributed by atoms with Crippen LogP contribution in [0.1, 0.15) is 10.6 Å². The summed E-state index contributed by atoms with van der Waals surface area (Å²) < 4.78 is 4.02. The minimum atomic E-state index is 0.964. The summed E-state index contributed by atoms with van der Waals surface area (Å²) in [5, 5.41) is 4.43. The Kier molecular flexibility index (Phi) is 2.68. The molecule has 4 rings (SSSR count). The van der Waals surface area contributed by atoms with E-state index in [1.54, 1.807) is 11.3 Å². The first-order valence-electron chi connectivity index (χ1n) is 6.78. The van der Waals surface area contributed by atoms with Gasteiger partial charge in [0.1, 0.15) is 0 Å². The number of fused-ring (bicyclic) bond motifs is 1. The van der Waals surface area contributed by atoms with Gasteiger partial charge in [0, 0.05) is 28.5 Å². The zero-order chi connectivity index (χ0) is 14.4. The van der Waals surface area contributed by atoms with Crippen molar-refractivity contribution in [1.82, 2.24) is 19.2 Å². The van der Waals surface area contributed by atoms with Crippen LogP contribution in [-0.4, -0.2) is 19.2 Å². The average Bonchev–Trinajstić information content (AvgIpc) is 3.18. The van der Waals surface area contributed by atoms with Gasteiger partial charge in [-0.05, 0) is 26.0 Å². The van der Waals surface area contributed by atoms with Crippen LogP contribution in [0.5, 0.6) is 0 Å². The molecule has 1 aromatic carbocycles. The molecule has 3 aromatic heterocycles. The normalized spacial score (nSPS) is 11.3. The number of rotatable bonds is 2. The van der Waals surface area contributed by atoms with Gasteiger partial charge in [-0.15, -0.1) is 11.3 Å². The Bertz CT molecular complexity index is 914. The Balaban J connectivity index is 1.77. The molecule has 3 heterocycles. The quantitative estimate of drug-likeness (QED) is 0.562. The predicted molar refractivity (Wildman–Crippen MR) is 85.1 cm³/mol. The summed E-state index contributed by atoms with van der Waals surface area (Å²) in [6.45, 7) is 4.25. The molecule has 4 aromatic rings. The van der Waals surface area contributed by atoms with Crippen molar-refractivity contribution in [2.24, 2.45) is 0 Å². The zero-order valence-corrected chi connectivity index (χ0v) is 12.6. The maximum Gasteiger partial charge on any atom is 0.194 e. The maximum atomic E-state index is 4.70. The van der Waals surface area contributed by atoms with E-state index in [1.807, 2.05) is 47.4 Å². The molecule has 0 saturated carbocycles. The minimum absolute atomic E-state index is 0.964. The van der Waals surface area contributed by atoms with Crippen molar-refractivity contribution in [2.75, 3.05) is 0 Å². The highest BCUT2D eigenvalue weighted by atomic mass is 32.1. The van der Waals surface area contributed by atoms with E-state index in [1.165, 1.54) is 10.6 Å². The molecule has 0 N–H and O–H groups in total. The molecule has 4 nitrogen and oxygen atoms in total. The van der Waals surface area contributed by atoms with E-state index >= 15 is 0 Å². The van der Waals surface area contributed by atoms with Crippen molar-refractivity contribution in [3.63, 3.8) is 0 Å². The number of para-hydroxylation sites is 1. The van der Waals surface area contributed by atoms with Gasteiger partial charge in [-0.2, -0.15) is 5.10 Å². The van der Waals surface area contributed by atoms with Gasteiger partial charge in [-0.1, -0.05) is 18.2 Å². The molecule has 0 aliphatic rings. The molecular formula is C16H14N4S. The van der Waals surface area contributed by atoms with Crippen LogP contribution in [0.2, 0.25) is 0 Å². The van der Waals surface area contributed by atoms with Crippen LogP contribution in [0.4, 0.5) is 0 Å².